The minimum Gasteiger partial charge on any atom is -0.482 e. The van der Waals surface area contributed by atoms with Crippen LogP contribution >= 0.6 is 11.6 Å². The molecular weight excluding hydrogens is 411 g/mol. The van der Waals surface area contributed by atoms with Crippen LogP contribution in [0, 0.1) is 0 Å². The van der Waals surface area contributed by atoms with Gasteiger partial charge in [-0.1, -0.05) is 35.9 Å². The summed E-state index contributed by atoms with van der Waals surface area (Å²) in [6.45, 7) is -1.90. The maximum Gasteiger partial charge on any atom is 0.422 e. The number of likely N-dealkylation sites (N-methyl/N-ethyl adjacent to an activating group) is 1. The highest BCUT2D eigenvalue weighted by Gasteiger charge is 2.28. The van der Waals surface area contributed by atoms with Crippen LogP contribution in [0.4, 0.5) is 24.5 Å². The van der Waals surface area contributed by atoms with Crippen molar-refractivity contribution in [1.29, 1.82) is 0 Å². The molecule has 6 nitrogen and oxygen atoms in total. The number of hydrogen-bond acceptors (Lipinski definition) is 4. The molecule has 156 valence electrons. The summed E-state index contributed by atoms with van der Waals surface area (Å²) in [7, 11) is 1.43. The lowest BCUT2D eigenvalue weighted by Crippen LogP contribution is -2.38. The summed E-state index contributed by atoms with van der Waals surface area (Å²) >= 11 is 5.97. The third kappa shape index (κ3) is 7.53. The van der Waals surface area contributed by atoms with Crippen LogP contribution in [0.5, 0.6) is 5.75 Å². The number of anilines is 2. The molecule has 2 amide bonds. The number of carbonyl (C=O) groups is 2. The Morgan fingerprint density at radius 3 is 2.34 bits per heavy atom. The van der Waals surface area contributed by atoms with E-state index in [0.717, 1.165) is 0 Å². The largest absolute Gasteiger partial charge is 0.482 e. The van der Waals surface area contributed by atoms with Gasteiger partial charge in [-0.2, -0.15) is 13.2 Å². The van der Waals surface area contributed by atoms with E-state index in [0.29, 0.717) is 10.7 Å². The molecular formula is C19H19ClF3N3O3. The number of nitrogens with zero attached hydrogens (tertiary/aromatic N) is 1. The van der Waals surface area contributed by atoms with Gasteiger partial charge in [0.25, 0.3) is 0 Å². The van der Waals surface area contributed by atoms with Crippen LogP contribution in [0.2, 0.25) is 5.02 Å². The average molecular weight is 430 g/mol. The molecule has 0 heterocycles. The van der Waals surface area contributed by atoms with E-state index in [1.807, 2.05) is 0 Å². The van der Waals surface area contributed by atoms with Crippen LogP contribution in [-0.4, -0.2) is 49.6 Å². The SMILES string of the molecule is CN(CC(=O)Nc1ccccc1Cl)C(=O)CNc1ccccc1OCC(F)(F)F. The second-order valence-electron chi connectivity index (χ2n) is 6.03. The van der Waals surface area contributed by atoms with Gasteiger partial charge in [0, 0.05) is 7.05 Å². The number of alkyl halides is 3. The Balaban J connectivity index is 1.87. The van der Waals surface area contributed by atoms with Gasteiger partial charge in [0.05, 0.1) is 29.5 Å². The summed E-state index contributed by atoms with van der Waals surface area (Å²) in [5.74, 6) is -0.912. The normalized spacial score (nSPS) is 10.9. The zero-order valence-corrected chi connectivity index (χ0v) is 16.2. The number of para-hydroxylation sites is 3. The van der Waals surface area contributed by atoms with E-state index in [2.05, 4.69) is 10.6 Å². The molecule has 0 aliphatic heterocycles. The first-order chi connectivity index (χ1) is 13.7. The number of nitrogens with one attached hydrogen (secondary N) is 2. The van der Waals surface area contributed by atoms with Gasteiger partial charge in [-0.05, 0) is 24.3 Å². The van der Waals surface area contributed by atoms with Crippen molar-refractivity contribution in [3.8, 4) is 5.75 Å². The van der Waals surface area contributed by atoms with E-state index in [1.54, 1.807) is 30.3 Å². The number of carbonyl (C=O) groups excluding carboxylic acids is 2. The molecule has 0 aromatic heterocycles. The summed E-state index contributed by atoms with van der Waals surface area (Å²) in [6.07, 6.45) is -4.47. The van der Waals surface area contributed by atoms with Gasteiger partial charge in [0.1, 0.15) is 5.75 Å². The Hall–Kier alpha value is -2.94. The molecule has 0 aliphatic carbocycles. The quantitative estimate of drug-likeness (QED) is 0.670. The van der Waals surface area contributed by atoms with Crippen LogP contribution in [0.1, 0.15) is 0 Å². The van der Waals surface area contributed by atoms with Gasteiger partial charge in [-0.3, -0.25) is 9.59 Å². The van der Waals surface area contributed by atoms with E-state index < -0.39 is 24.6 Å². The fourth-order valence-electron chi connectivity index (χ4n) is 2.26. The minimum atomic E-state index is -4.47. The highest BCUT2D eigenvalue weighted by atomic mass is 35.5. The van der Waals surface area contributed by atoms with Crippen molar-refractivity contribution < 1.29 is 27.5 Å². The Bertz CT molecular complexity index is 862. The van der Waals surface area contributed by atoms with Crippen LogP contribution in [-0.2, 0) is 9.59 Å². The maximum absolute atomic E-state index is 12.3. The zero-order valence-electron chi connectivity index (χ0n) is 15.4. The minimum absolute atomic E-state index is 0.0308. The highest BCUT2D eigenvalue weighted by Crippen LogP contribution is 2.26. The monoisotopic (exact) mass is 429 g/mol. The predicted octanol–water partition coefficient (Wildman–Crippen LogP) is 3.79. The lowest BCUT2D eigenvalue weighted by Gasteiger charge is -2.19. The third-order valence-corrected chi connectivity index (χ3v) is 3.99. The van der Waals surface area contributed by atoms with E-state index in [-0.39, 0.29) is 24.5 Å². The lowest BCUT2D eigenvalue weighted by molar-refractivity contribution is -0.153. The molecule has 0 atom stereocenters. The molecule has 0 saturated carbocycles. The standard InChI is InChI=1S/C19H19ClF3N3O3/c1-26(11-17(27)25-14-7-3-2-6-13(14)20)18(28)10-24-15-8-4-5-9-16(15)29-12-19(21,22)23/h2-9,24H,10-12H2,1H3,(H,25,27). The molecule has 2 rings (SSSR count). The number of rotatable bonds is 8. The first-order valence-corrected chi connectivity index (χ1v) is 8.84. The number of amides is 2. The number of benzene rings is 2. The summed E-state index contributed by atoms with van der Waals surface area (Å²) in [5.41, 5.74) is 0.660. The van der Waals surface area contributed by atoms with E-state index in [9.17, 15) is 22.8 Å². The van der Waals surface area contributed by atoms with Gasteiger partial charge >= 0.3 is 6.18 Å². The van der Waals surface area contributed by atoms with Gasteiger partial charge in [-0.25, -0.2) is 0 Å². The van der Waals surface area contributed by atoms with Crippen molar-refractivity contribution in [1.82, 2.24) is 4.90 Å². The molecule has 10 heteroatoms. The van der Waals surface area contributed by atoms with Gasteiger partial charge < -0.3 is 20.3 Å². The highest BCUT2D eigenvalue weighted by molar-refractivity contribution is 6.33. The fraction of sp³-hybridized carbons (Fsp3) is 0.263. The van der Waals surface area contributed by atoms with E-state index in [4.69, 9.17) is 16.3 Å². The molecule has 0 aliphatic rings. The summed E-state index contributed by atoms with van der Waals surface area (Å²) in [6, 6.07) is 12.6. The first-order valence-electron chi connectivity index (χ1n) is 8.46. The van der Waals surface area contributed by atoms with Crippen molar-refractivity contribution >= 4 is 34.8 Å². The zero-order chi connectivity index (χ0) is 21.4. The molecule has 29 heavy (non-hydrogen) atoms. The molecule has 2 aromatic rings. The van der Waals surface area contributed by atoms with E-state index in [1.165, 1.54) is 30.1 Å². The van der Waals surface area contributed by atoms with Gasteiger partial charge in [0.15, 0.2) is 6.61 Å². The Morgan fingerprint density at radius 2 is 1.69 bits per heavy atom. The molecule has 0 unspecified atom stereocenters. The van der Waals surface area contributed by atoms with Crippen LogP contribution in [0.25, 0.3) is 0 Å². The Labute approximate surface area is 170 Å². The summed E-state index contributed by atoms with van der Waals surface area (Å²) < 4.78 is 41.8. The predicted molar refractivity (Wildman–Crippen MR) is 104 cm³/mol. The maximum atomic E-state index is 12.3. The molecule has 2 aromatic carbocycles. The number of halogens is 4. The smallest absolute Gasteiger partial charge is 0.422 e. The van der Waals surface area contributed by atoms with Gasteiger partial charge in [0.2, 0.25) is 11.8 Å². The molecule has 0 saturated heterocycles. The van der Waals surface area contributed by atoms with Crippen molar-refractivity contribution in [2.45, 2.75) is 6.18 Å². The fourth-order valence-corrected chi connectivity index (χ4v) is 2.44. The van der Waals surface area contributed by atoms with Crippen molar-refractivity contribution in [2.24, 2.45) is 0 Å². The van der Waals surface area contributed by atoms with Crippen molar-refractivity contribution in [3.05, 3.63) is 53.6 Å². The third-order valence-electron chi connectivity index (χ3n) is 3.66. The molecule has 0 spiro atoms. The van der Waals surface area contributed by atoms with Crippen molar-refractivity contribution in [2.75, 3.05) is 37.4 Å². The lowest BCUT2D eigenvalue weighted by atomic mass is 10.3. The number of hydrogen-bond donors (Lipinski definition) is 2. The number of ether oxygens (including phenoxy) is 1. The molecule has 0 bridgehead atoms. The Kier molecular flexibility index (Phi) is 7.72. The van der Waals surface area contributed by atoms with Crippen LogP contribution in [0.3, 0.4) is 0 Å². The second-order valence-corrected chi connectivity index (χ2v) is 6.44. The second kappa shape index (κ2) is 10.0. The van der Waals surface area contributed by atoms with Crippen molar-refractivity contribution in [3.63, 3.8) is 0 Å². The van der Waals surface area contributed by atoms with Crippen LogP contribution < -0.4 is 15.4 Å². The van der Waals surface area contributed by atoms with E-state index >= 15 is 0 Å². The molecule has 0 fully saturated rings. The van der Waals surface area contributed by atoms with Gasteiger partial charge in [-0.15, -0.1) is 0 Å². The topological polar surface area (TPSA) is 70.7 Å². The average Bonchev–Trinajstić information content (AvgIpc) is 2.66. The summed E-state index contributed by atoms with van der Waals surface area (Å²) in [4.78, 5) is 25.5. The molecule has 2 N–H and O–H groups in total. The Morgan fingerprint density at radius 1 is 1.07 bits per heavy atom. The first kappa shape index (κ1) is 22.4. The molecule has 0 radical (unpaired) electrons. The van der Waals surface area contributed by atoms with Crippen LogP contribution in [0.15, 0.2) is 48.5 Å². The summed E-state index contributed by atoms with van der Waals surface area (Å²) in [5, 5.41) is 5.69.